The quantitative estimate of drug-likeness (QED) is 0.783. The molecule has 3 rings (SSSR count). The van der Waals surface area contributed by atoms with E-state index in [2.05, 4.69) is 40.5 Å². The molecule has 0 amide bonds. The van der Waals surface area contributed by atoms with Gasteiger partial charge < -0.3 is 5.32 Å². The average molecular weight is 202 g/mol. The van der Waals surface area contributed by atoms with Gasteiger partial charge in [0, 0.05) is 31.7 Å². The van der Waals surface area contributed by atoms with Gasteiger partial charge in [-0.15, -0.1) is 0 Å². The maximum Gasteiger partial charge on any atom is 0.0463 e. The lowest BCUT2D eigenvalue weighted by Gasteiger charge is -2.35. The molecule has 0 bridgehead atoms. The molecule has 0 unspecified atom stereocenters. The van der Waals surface area contributed by atoms with E-state index in [4.69, 9.17) is 0 Å². The van der Waals surface area contributed by atoms with E-state index in [1.54, 1.807) is 0 Å². The van der Waals surface area contributed by atoms with Gasteiger partial charge in [-0.3, -0.25) is 4.90 Å². The Balaban J connectivity index is 1.84. The Hall–Kier alpha value is -0.860. The first kappa shape index (κ1) is 9.37. The highest BCUT2D eigenvalue weighted by Gasteiger charge is 2.49. The predicted octanol–water partition coefficient (Wildman–Crippen LogP) is 1.58. The predicted molar refractivity (Wildman–Crippen MR) is 61.8 cm³/mol. The Kier molecular flexibility index (Phi) is 2.26. The normalized spacial score (nSPS) is 25.1. The van der Waals surface area contributed by atoms with Crippen molar-refractivity contribution in [2.75, 3.05) is 26.2 Å². The molecule has 0 atom stereocenters. The molecule has 1 aliphatic carbocycles. The van der Waals surface area contributed by atoms with Crippen LogP contribution in [-0.2, 0) is 5.54 Å². The van der Waals surface area contributed by atoms with Crippen molar-refractivity contribution < 1.29 is 0 Å². The molecule has 1 N–H and O–H groups in total. The minimum absolute atomic E-state index is 0.406. The molecule has 0 spiro atoms. The van der Waals surface area contributed by atoms with Crippen LogP contribution in [0.2, 0.25) is 0 Å². The molecule has 1 aromatic carbocycles. The van der Waals surface area contributed by atoms with Crippen LogP contribution in [0.4, 0.5) is 0 Å². The minimum Gasteiger partial charge on any atom is -0.314 e. The Morgan fingerprint density at radius 1 is 1.00 bits per heavy atom. The van der Waals surface area contributed by atoms with Crippen molar-refractivity contribution >= 4 is 0 Å². The summed E-state index contributed by atoms with van der Waals surface area (Å²) in [6.45, 7) is 4.70. The lowest BCUT2D eigenvalue weighted by atomic mass is 10.0. The number of hydrogen-bond acceptors (Lipinski definition) is 2. The Morgan fingerprint density at radius 2 is 1.67 bits per heavy atom. The first-order chi connectivity index (χ1) is 7.42. The van der Waals surface area contributed by atoms with Gasteiger partial charge in [-0.2, -0.15) is 0 Å². The third kappa shape index (κ3) is 1.58. The summed E-state index contributed by atoms with van der Waals surface area (Å²) in [5.41, 5.74) is 1.93. The van der Waals surface area contributed by atoms with Gasteiger partial charge in [0.05, 0.1) is 0 Å². The summed E-state index contributed by atoms with van der Waals surface area (Å²) in [7, 11) is 0. The van der Waals surface area contributed by atoms with E-state index in [1.165, 1.54) is 31.5 Å². The van der Waals surface area contributed by atoms with Crippen LogP contribution in [0.1, 0.15) is 18.4 Å². The molecule has 2 heteroatoms. The fourth-order valence-electron chi connectivity index (χ4n) is 2.75. The second kappa shape index (κ2) is 3.62. The molecule has 1 saturated heterocycles. The van der Waals surface area contributed by atoms with Gasteiger partial charge in [-0.05, 0) is 18.4 Å². The van der Waals surface area contributed by atoms with Gasteiger partial charge in [0.1, 0.15) is 0 Å². The fraction of sp³-hybridized carbons (Fsp3) is 0.538. The molecule has 0 aromatic heterocycles. The molecule has 0 radical (unpaired) electrons. The topological polar surface area (TPSA) is 15.3 Å². The van der Waals surface area contributed by atoms with Crippen LogP contribution in [0.25, 0.3) is 0 Å². The highest BCUT2D eigenvalue weighted by molar-refractivity contribution is 5.30. The smallest absolute Gasteiger partial charge is 0.0463 e. The van der Waals surface area contributed by atoms with Crippen LogP contribution >= 0.6 is 0 Å². The standard InChI is InChI=1S/C13H18N2/c1-2-4-12(5-3-1)13(6-7-13)15-10-8-14-9-11-15/h1-5,14H,6-11H2. The molecule has 1 saturated carbocycles. The third-order valence-electron chi connectivity index (χ3n) is 3.76. The highest BCUT2D eigenvalue weighted by atomic mass is 15.3. The molecular weight excluding hydrogens is 184 g/mol. The van der Waals surface area contributed by atoms with E-state index >= 15 is 0 Å². The first-order valence-corrected chi connectivity index (χ1v) is 5.93. The van der Waals surface area contributed by atoms with Crippen molar-refractivity contribution in [3.63, 3.8) is 0 Å². The number of hydrogen-bond donors (Lipinski definition) is 1. The zero-order valence-corrected chi connectivity index (χ0v) is 9.08. The van der Waals surface area contributed by atoms with Crippen molar-refractivity contribution in [2.24, 2.45) is 0 Å². The van der Waals surface area contributed by atoms with Crippen molar-refractivity contribution in [3.8, 4) is 0 Å². The van der Waals surface area contributed by atoms with E-state index in [0.717, 1.165) is 13.1 Å². The van der Waals surface area contributed by atoms with Crippen LogP contribution in [0, 0.1) is 0 Å². The van der Waals surface area contributed by atoms with E-state index in [-0.39, 0.29) is 0 Å². The molecule has 1 aromatic rings. The van der Waals surface area contributed by atoms with Crippen LogP contribution < -0.4 is 5.32 Å². The van der Waals surface area contributed by atoms with E-state index in [0.29, 0.717) is 5.54 Å². The van der Waals surface area contributed by atoms with Gasteiger partial charge in [0.2, 0.25) is 0 Å². The summed E-state index contributed by atoms with van der Waals surface area (Å²) in [4.78, 5) is 2.67. The van der Waals surface area contributed by atoms with Crippen LogP contribution in [0.3, 0.4) is 0 Å². The molecule has 15 heavy (non-hydrogen) atoms. The van der Waals surface area contributed by atoms with Gasteiger partial charge in [-0.25, -0.2) is 0 Å². The zero-order chi connectivity index (χ0) is 10.1. The van der Waals surface area contributed by atoms with E-state index in [1.807, 2.05) is 0 Å². The third-order valence-corrected chi connectivity index (χ3v) is 3.76. The summed E-state index contributed by atoms with van der Waals surface area (Å²) in [5.74, 6) is 0. The van der Waals surface area contributed by atoms with E-state index in [9.17, 15) is 0 Å². The second-order valence-corrected chi connectivity index (χ2v) is 4.63. The fourth-order valence-corrected chi connectivity index (χ4v) is 2.75. The van der Waals surface area contributed by atoms with Gasteiger partial charge in [-0.1, -0.05) is 30.3 Å². The first-order valence-electron chi connectivity index (χ1n) is 5.93. The average Bonchev–Trinajstić information content (AvgIpc) is 3.13. The van der Waals surface area contributed by atoms with Gasteiger partial charge in [0.25, 0.3) is 0 Å². The molecular formula is C13H18N2. The summed E-state index contributed by atoms with van der Waals surface area (Å²) >= 11 is 0. The number of piperazine rings is 1. The maximum atomic E-state index is 3.42. The Labute approximate surface area is 91.3 Å². The Morgan fingerprint density at radius 3 is 2.27 bits per heavy atom. The summed E-state index contributed by atoms with van der Waals surface area (Å²) in [6, 6.07) is 11.0. The number of nitrogens with zero attached hydrogens (tertiary/aromatic N) is 1. The van der Waals surface area contributed by atoms with Crippen molar-refractivity contribution in [3.05, 3.63) is 35.9 Å². The molecule has 80 valence electrons. The van der Waals surface area contributed by atoms with Crippen LogP contribution in [0.5, 0.6) is 0 Å². The van der Waals surface area contributed by atoms with E-state index < -0.39 is 0 Å². The monoisotopic (exact) mass is 202 g/mol. The number of rotatable bonds is 2. The second-order valence-electron chi connectivity index (χ2n) is 4.63. The largest absolute Gasteiger partial charge is 0.314 e. The SMILES string of the molecule is c1ccc(C2(N3CCNCC3)CC2)cc1. The van der Waals surface area contributed by atoms with Crippen LogP contribution in [0.15, 0.2) is 30.3 Å². The summed E-state index contributed by atoms with van der Waals surface area (Å²) in [5, 5.41) is 3.42. The van der Waals surface area contributed by atoms with Crippen molar-refractivity contribution in [1.82, 2.24) is 10.2 Å². The number of benzene rings is 1. The molecule has 2 fully saturated rings. The number of nitrogens with one attached hydrogen (secondary N) is 1. The van der Waals surface area contributed by atoms with Gasteiger partial charge >= 0.3 is 0 Å². The Bertz CT molecular complexity index is 324. The van der Waals surface area contributed by atoms with Crippen molar-refractivity contribution in [1.29, 1.82) is 0 Å². The van der Waals surface area contributed by atoms with Crippen molar-refractivity contribution in [2.45, 2.75) is 18.4 Å². The molecule has 2 aliphatic rings. The molecule has 1 aliphatic heterocycles. The van der Waals surface area contributed by atoms with Crippen LogP contribution in [-0.4, -0.2) is 31.1 Å². The lowest BCUT2D eigenvalue weighted by molar-refractivity contribution is 0.154. The summed E-state index contributed by atoms with van der Waals surface area (Å²) < 4.78 is 0. The minimum atomic E-state index is 0.406. The molecule has 2 nitrogen and oxygen atoms in total. The van der Waals surface area contributed by atoms with Gasteiger partial charge in [0.15, 0.2) is 0 Å². The molecule has 1 heterocycles. The highest BCUT2D eigenvalue weighted by Crippen LogP contribution is 2.50. The summed E-state index contributed by atoms with van der Waals surface area (Å²) in [6.07, 6.45) is 2.69. The lowest BCUT2D eigenvalue weighted by Crippen LogP contribution is -2.48. The zero-order valence-electron chi connectivity index (χ0n) is 9.08. The maximum absolute atomic E-state index is 3.42.